The van der Waals surface area contributed by atoms with E-state index >= 15 is 0 Å². The van der Waals surface area contributed by atoms with Gasteiger partial charge in [0.05, 0.1) is 5.02 Å². The van der Waals surface area contributed by atoms with Gasteiger partial charge in [-0.2, -0.15) is 0 Å². The van der Waals surface area contributed by atoms with E-state index in [9.17, 15) is 9.59 Å². The van der Waals surface area contributed by atoms with Crippen LogP contribution in [-0.4, -0.2) is 11.9 Å². The van der Waals surface area contributed by atoms with E-state index in [-0.39, 0.29) is 16.5 Å². The highest BCUT2D eigenvalue weighted by molar-refractivity contribution is 6.32. The first kappa shape index (κ1) is 13.0. The maximum atomic E-state index is 11.1. The summed E-state index contributed by atoms with van der Waals surface area (Å²) in [5.74, 6) is -1.37. The Hall–Kier alpha value is -2.07. The molecule has 0 aliphatic carbocycles. The van der Waals surface area contributed by atoms with E-state index in [0.717, 1.165) is 12.2 Å². The zero-order chi connectivity index (χ0) is 12.8. The predicted octanol–water partition coefficient (Wildman–Crippen LogP) is 2.52. The van der Waals surface area contributed by atoms with Gasteiger partial charge in [-0.3, -0.25) is 0 Å². The van der Waals surface area contributed by atoms with Gasteiger partial charge in [-0.25, -0.2) is 9.59 Å². The SMILES string of the molecule is C=CC(=O)Oc1cccc(Cl)c1OC(=O)C=C. The summed E-state index contributed by atoms with van der Waals surface area (Å²) >= 11 is 5.83. The van der Waals surface area contributed by atoms with Gasteiger partial charge in [-0.05, 0) is 12.1 Å². The van der Waals surface area contributed by atoms with Crippen molar-refractivity contribution in [1.29, 1.82) is 0 Å². The van der Waals surface area contributed by atoms with Crippen LogP contribution in [0.3, 0.4) is 0 Å². The molecule has 0 unspecified atom stereocenters. The monoisotopic (exact) mass is 252 g/mol. The molecule has 88 valence electrons. The van der Waals surface area contributed by atoms with Crippen molar-refractivity contribution in [3.8, 4) is 11.5 Å². The lowest BCUT2D eigenvalue weighted by Crippen LogP contribution is -2.08. The average molecular weight is 253 g/mol. The number of esters is 2. The van der Waals surface area contributed by atoms with Crippen molar-refractivity contribution < 1.29 is 19.1 Å². The van der Waals surface area contributed by atoms with E-state index in [2.05, 4.69) is 13.2 Å². The summed E-state index contributed by atoms with van der Waals surface area (Å²) in [7, 11) is 0. The van der Waals surface area contributed by atoms with Gasteiger partial charge in [0.2, 0.25) is 0 Å². The van der Waals surface area contributed by atoms with Crippen LogP contribution in [0.4, 0.5) is 0 Å². The molecule has 4 nitrogen and oxygen atoms in total. The van der Waals surface area contributed by atoms with Crippen LogP contribution in [0.15, 0.2) is 43.5 Å². The molecule has 1 rings (SSSR count). The third-order valence-corrected chi connectivity index (χ3v) is 1.98. The summed E-state index contributed by atoms with van der Waals surface area (Å²) in [5, 5.41) is 0.148. The minimum atomic E-state index is -0.700. The number of rotatable bonds is 4. The molecular weight excluding hydrogens is 244 g/mol. The molecule has 0 aliphatic heterocycles. The molecule has 0 atom stereocenters. The molecule has 0 N–H and O–H groups in total. The summed E-state index contributed by atoms with van der Waals surface area (Å²) in [5.41, 5.74) is 0. The first-order valence-corrected chi connectivity index (χ1v) is 4.93. The maximum absolute atomic E-state index is 11.1. The number of hydrogen-bond acceptors (Lipinski definition) is 4. The summed E-state index contributed by atoms with van der Waals surface area (Å²) in [6.07, 6.45) is 1.96. The van der Waals surface area contributed by atoms with Gasteiger partial charge in [0.15, 0.2) is 11.5 Å². The van der Waals surface area contributed by atoms with Gasteiger partial charge in [0, 0.05) is 12.2 Å². The number of hydrogen-bond donors (Lipinski definition) is 0. The van der Waals surface area contributed by atoms with Gasteiger partial charge < -0.3 is 9.47 Å². The quantitative estimate of drug-likeness (QED) is 0.469. The van der Waals surface area contributed by atoms with Crippen molar-refractivity contribution in [1.82, 2.24) is 0 Å². The molecule has 5 heteroatoms. The summed E-state index contributed by atoms with van der Waals surface area (Å²) < 4.78 is 9.74. The molecule has 1 aromatic carbocycles. The third-order valence-electron chi connectivity index (χ3n) is 1.68. The summed E-state index contributed by atoms with van der Waals surface area (Å²) in [6, 6.07) is 4.50. The van der Waals surface area contributed by atoms with Crippen molar-refractivity contribution in [2.75, 3.05) is 0 Å². The fraction of sp³-hybridized carbons (Fsp3) is 0. The molecule has 0 bridgehead atoms. The number of carbonyl (C=O) groups excluding carboxylic acids is 2. The lowest BCUT2D eigenvalue weighted by atomic mass is 10.3. The number of benzene rings is 1. The highest BCUT2D eigenvalue weighted by Crippen LogP contribution is 2.35. The van der Waals surface area contributed by atoms with Crippen LogP contribution in [0.25, 0.3) is 0 Å². The largest absolute Gasteiger partial charge is 0.419 e. The molecule has 0 amide bonds. The van der Waals surface area contributed by atoms with Gasteiger partial charge >= 0.3 is 11.9 Å². The molecule has 0 aromatic heterocycles. The van der Waals surface area contributed by atoms with Crippen molar-refractivity contribution in [3.63, 3.8) is 0 Å². The Morgan fingerprint density at radius 2 is 1.71 bits per heavy atom. The Kier molecular flexibility index (Phi) is 4.48. The standard InChI is InChI=1S/C12H9ClO4/c1-3-10(14)16-9-7-5-6-8(13)12(9)17-11(15)4-2/h3-7H,1-2H2. The second-order valence-corrected chi connectivity index (χ2v) is 3.22. The Bertz CT molecular complexity index is 479. The zero-order valence-electron chi connectivity index (χ0n) is 8.81. The Morgan fingerprint density at radius 3 is 2.29 bits per heavy atom. The lowest BCUT2D eigenvalue weighted by molar-refractivity contribution is -0.131. The highest BCUT2D eigenvalue weighted by atomic mass is 35.5. The van der Waals surface area contributed by atoms with E-state index in [4.69, 9.17) is 21.1 Å². The molecule has 0 saturated heterocycles. The van der Waals surface area contributed by atoms with Crippen LogP contribution in [0.2, 0.25) is 5.02 Å². The zero-order valence-corrected chi connectivity index (χ0v) is 9.57. The maximum Gasteiger partial charge on any atom is 0.335 e. The molecule has 0 fully saturated rings. The Labute approximate surface area is 103 Å². The van der Waals surface area contributed by atoms with E-state index in [1.807, 2.05) is 0 Å². The van der Waals surface area contributed by atoms with Crippen molar-refractivity contribution in [3.05, 3.63) is 48.5 Å². The molecular formula is C12H9ClO4. The van der Waals surface area contributed by atoms with Crippen LogP contribution in [0.5, 0.6) is 11.5 Å². The smallest absolute Gasteiger partial charge is 0.335 e. The van der Waals surface area contributed by atoms with Crippen LogP contribution >= 0.6 is 11.6 Å². The number of para-hydroxylation sites is 1. The summed E-state index contributed by atoms with van der Waals surface area (Å²) in [6.45, 7) is 6.51. The van der Waals surface area contributed by atoms with Crippen LogP contribution < -0.4 is 9.47 Å². The highest BCUT2D eigenvalue weighted by Gasteiger charge is 2.14. The summed E-state index contributed by atoms with van der Waals surface area (Å²) in [4.78, 5) is 22.1. The molecule has 1 aromatic rings. The average Bonchev–Trinajstić information content (AvgIpc) is 2.33. The lowest BCUT2D eigenvalue weighted by Gasteiger charge is -2.09. The van der Waals surface area contributed by atoms with E-state index < -0.39 is 11.9 Å². The predicted molar refractivity (Wildman–Crippen MR) is 63.1 cm³/mol. The van der Waals surface area contributed by atoms with Crippen molar-refractivity contribution in [2.45, 2.75) is 0 Å². The first-order valence-electron chi connectivity index (χ1n) is 4.55. The fourth-order valence-electron chi connectivity index (χ4n) is 0.961. The molecule has 0 radical (unpaired) electrons. The first-order chi connectivity index (χ1) is 8.08. The van der Waals surface area contributed by atoms with Crippen LogP contribution in [0, 0.1) is 0 Å². The second kappa shape index (κ2) is 5.86. The van der Waals surface area contributed by atoms with E-state index in [0.29, 0.717) is 0 Å². The van der Waals surface area contributed by atoms with Crippen molar-refractivity contribution in [2.24, 2.45) is 0 Å². The minimum absolute atomic E-state index is 0.0331. The van der Waals surface area contributed by atoms with Gasteiger partial charge in [0.25, 0.3) is 0 Å². The fourth-order valence-corrected chi connectivity index (χ4v) is 1.17. The third kappa shape index (κ3) is 3.46. The Balaban J connectivity index is 3.07. The Morgan fingerprint density at radius 1 is 1.12 bits per heavy atom. The minimum Gasteiger partial charge on any atom is -0.419 e. The normalized spacial score (nSPS) is 9.24. The molecule has 0 saturated carbocycles. The van der Waals surface area contributed by atoms with Gasteiger partial charge in [0.1, 0.15) is 0 Å². The van der Waals surface area contributed by atoms with Gasteiger partial charge in [-0.15, -0.1) is 0 Å². The molecule has 17 heavy (non-hydrogen) atoms. The van der Waals surface area contributed by atoms with Crippen molar-refractivity contribution >= 4 is 23.5 Å². The van der Waals surface area contributed by atoms with Crippen LogP contribution in [0.1, 0.15) is 0 Å². The number of halogens is 1. The topological polar surface area (TPSA) is 52.6 Å². The second-order valence-electron chi connectivity index (χ2n) is 2.82. The van der Waals surface area contributed by atoms with Crippen LogP contribution in [-0.2, 0) is 9.59 Å². The molecule has 0 aliphatic rings. The van der Waals surface area contributed by atoms with Gasteiger partial charge in [-0.1, -0.05) is 30.8 Å². The molecule has 0 spiro atoms. The number of ether oxygens (including phenoxy) is 2. The van der Waals surface area contributed by atoms with E-state index in [1.54, 1.807) is 6.07 Å². The molecule has 0 heterocycles. The van der Waals surface area contributed by atoms with E-state index in [1.165, 1.54) is 12.1 Å². The number of carbonyl (C=O) groups is 2.